The fourth-order valence-corrected chi connectivity index (χ4v) is 5.43. The molecule has 2 aromatic carbocycles. The van der Waals surface area contributed by atoms with E-state index in [0.29, 0.717) is 24.5 Å². The van der Waals surface area contributed by atoms with Crippen LogP contribution in [0.5, 0.6) is 11.5 Å². The predicted molar refractivity (Wildman–Crippen MR) is 130 cm³/mol. The first-order chi connectivity index (χ1) is 16.6. The number of rotatable bonds is 7. The van der Waals surface area contributed by atoms with E-state index < -0.39 is 12.1 Å². The zero-order chi connectivity index (χ0) is 23.8. The molecule has 3 heterocycles. The number of benzene rings is 2. The number of aromatic nitrogens is 1. The SMILES string of the molecule is CCCCCN1CC(=O)N2C(c3ccc(OC)cc3OC)c3[nH]c4ccccc4c3C[C@H]2C1=O. The summed E-state index contributed by atoms with van der Waals surface area (Å²) >= 11 is 0. The molecular weight excluding hydrogens is 430 g/mol. The van der Waals surface area contributed by atoms with Crippen LogP contribution >= 0.6 is 0 Å². The van der Waals surface area contributed by atoms with Gasteiger partial charge in [0, 0.05) is 41.2 Å². The maximum atomic E-state index is 13.7. The van der Waals surface area contributed by atoms with Gasteiger partial charge in [0.1, 0.15) is 23.6 Å². The van der Waals surface area contributed by atoms with Gasteiger partial charge in [-0.3, -0.25) is 9.59 Å². The molecule has 7 nitrogen and oxygen atoms in total. The summed E-state index contributed by atoms with van der Waals surface area (Å²) in [4.78, 5) is 34.4. The number of methoxy groups -OCH3 is 2. The van der Waals surface area contributed by atoms with Crippen LogP contribution in [0.2, 0.25) is 0 Å². The summed E-state index contributed by atoms with van der Waals surface area (Å²) in [5.74, 6) is 1.30. The molecule has 0 spiro atoms. The second-order valence-corrected chi connectivity index (χ2v) is 9.06. The van der Waals surface area contributed by atoms with Crippen molar-refractivity contribution in [1.29, 1.82) is 0 Å². The summed E-state index contributed by atoms with van der Waals surface area (Å²) in [5.41, 5.74) is 3.88. The molecule has 2 aliphatic rings. The van der Waals surface area contributed by atoms with Gasteiger partial charge in [0.25, 0.3) is 0 Å². The largest absolute Gasteiger partial charge is 0.497 e. The number of aromatic amines is 1. The molecule has 0 radical (unpaired) electrons. The Bertz CT molecular complexity index is 1230. The van der Waals surface area contributed by atoms with Crippen LogP contribution in [0.1, 0.15) is 49.0 Å². The molecule has 1 saturated heterocycles. The third kappa shape index (κ3) is 3.59. The van der Waals surface area contributed by atoms with Gasteiger partial charge in [0.2, 0.25) is 11.8 Å². The van der Waals surface area contributed by atoms with Gasteiger partial charge in [-0.05, 0) is 30.2 Å². The molecule has 34 heavy (non-hydrogen) atoms. The monoisotopic (exact) mass is 461 g/mol. The Kier molecular flexibility index (Phi) is 5.94. The number of H-pyrrole nitrogens is 1. The molecule has 5 rings (SSSR count). The first kappa shape index (κ1) is 22.3. The molecular formula is C27H31N3O4. The van der Waals surface area contributed by atoms with Crippen molar-refractivity contribution in [3.8, 4) is 11.5 Å². The number of amides is 2. The number of hydrogen-bond acceptors (Lipinski definition) is 4. The number of ether oxygens (including phenoxy) is 2. The number of carbonyl (C=O) groups excluding carboxylic acids is 2. The van der Waals surface area contributed by atoms with E-state index in [-0.39, 0.29) is 18.4 Å². The van der Waals surface area contributed by atoms with E-state index in [0.717, 1.165) is 47.0 Å². The quantitative estimate of drug-likeness (QED) is 0.539. The van der Waals surface area contributed by atoms with Crippen LogP contribution in [-0.2, 0) is 16.0 Å². The van der Waals surface area contributed by atoms with E-state index in [1.54, 1.807) is 24.0 Å². The highest BCUT2D eigenvalue weighted by Gasteiger charge is 2.48. The van der Waals surface area contributed by atoms with Gasteiger partial charge >= 0.3 is 0 Å². The van der Waals surface area contributed by atoms with Gasteiger partial charge in [-0.15, -0.1) is 0 Å². The number of nitrogens with one attached hydrogen (secondary N) is 1. The van der Waals surface area contributed by atoms with Crippen molar-refractivity contribution in [2.45, 2.75) is 44.7 Å². The average molecular weight is 462 g/mol. The van der Waals surface area contributed by atoms with Gasteiger partial charge in [-0.2, -0.15) is 0 Å². The minimum Gasteiger partial charge on any atom is -0.497 e. The molecule has 0 aliphatic carbocycles. The summed E-state index contributed by atoms with van der Waals surface area (Å²) in [6.45, 7) is 2.88. The summed E-state index contributed by atoms with van der Waals surface area (Å²) in [6.07, 6.45) is 3.54. The third-order valence-corrected chi connectivity index (χ3v) is 7.11. The Hall–Kier alpha value is -3.48. The molecule has 7 heteroatoms. The first-order valence-electron chi connectivity index (χ1n) is 12.0. The highest BCUT2D eigenvalue weighted by molar-refractivity contribution is 5.97. The Morgan fingerprint density at radius 3 is 2.65 bits per heavy atom. The maximum Gasteiger partial charge on any atom is 0.246 e. The summed E-state index contributed by atoms with van der Waals surface area (Å²) in [7, 11) is 3.23. The third-order valence-electron chi connectivity index (χ3n) is 7.11. The number of piperazine rings is 1. The van der Waals surface area contributed by atoms with Crippen molar-refractivity contribution < 1.29 is 19.1 Å². The molecule has 1 aromatic heterocycles. The predicted octanol–water partition coefficient (Wildman–Crippen LogP) is 4.06. The van der Waals surface area contributed by atoms with E-state index in [2.05, 4.69) is 18.0 Å². The second-order valence-electron chi connectivity index (χ2n) is 9.06. The number of para-hydroxylation sites is 1. The zero-order valence-corrected chi connectivity index (χ0v) is 20.0. The number of nitrogens with zero attached hydrogens (tertiary/aromatic N) is 2. The maximum absolute atomic E-state index is 13.7. The lowest BCUT2D eigenvalue weighted by molar-refractivity contribution is -0.158. The molecule has 2 amide bonds. The van der Waals surface area contributed by atoms with E-state index in [4.69, 9.17) is 9.47 Å². The Morgan fingerprint density at radius 2 is 1.88 bits per heavy atom. The van der Waals surface area contributed by atoms with Crippen LogP contribution in [-0.4, -0.2) is 59.9 Å². The van der Waals surface area contributed by atoms with Crippen LogP contribution in [0.25, 0.3) is 10.9 Å². The van der Waals surface area contributed by atoms with E-state index in [1.165, 1.54) is 0 Å². The summed E-state index contributed by atoms with van der Waals surface area (Å²) < 4.78 is 11.1. The Morgan fingerprint density at radius 1 is 1.06 bits per heavy atom. The lowest BCUT2D eigenvalue weighted by Crippen LogP contribution is -2.63. The fraction of sp³-hybridized carbons (Fsp3) is 0.407. The first-order valence-corrected chi connectivity index (χ1v) is 12.0. The van der Waals surface area contributed by atoms with Crippen molar-refractivity contribution in [2.75, 3.05) is 27.3 Å². The number of fused-ring (bicyclic) bond motifs is 4. The van der Waals surface area contributed by atoms with Gasteiger partial charge < -0.3 is 24.3 Å². The van der Waals surface area contributed by atoms with Gasteiger partial charge in [0.05, 0.1) is 20.8 Å². The molecule has 178 valence electrons. The van der Waals surface area contributed by atoms with E-state index in [1.807, 2.05) is 36.4 Å². The molecule has 2 aliphatic heterocycles. The highest BCUT2D eigenvalue weighted by atomic mass is 16.5. The number of carbonyl (C=O) groups is 2. The van der Waals surface area contributed by atoms with Crippen molar-refractivity contribution in [2.24, 2.45) is 0 Å². The molecule has 1 fully saturated rings. The lowest BCUT2D eigenvalue weighted by Gasteiger charge is -2.47. The van der Waals surface area contributed by atoms with Crippen LogP contribution in [0, 0.1) is 0 Å². The molecule has 1 unspecified atom stereocenters. The Labute approximate surface area is 199 Å². The van der Waals surface area contributed by atoms with Crippen molar-refractivity contribution >= 4 is 22.7 Å². The van der Waals surface area contributed by atoms with Crippen LogP contribution in [0.3, 0.4) is 0 Å². The Balaban J connectivity index is 1.65. The standard InChI is InChI=1S/C27H31N3O4/c1-4-5-8-13-29-16-24(31)30-22(27(29)32)15-20-18-9-6-7-10-21(18)28-25(20)26(30)19-12-11-17(33-2)14-23(19)34-3/h6-7,9-12,14,22,26,28H,4-5,8,13,15-16H2,1-3H3/t22-,26?/m0/s1. The minimum absolute atomic E-state index is 0.0316. The van der Waals surface area contributed by atoms with Gasteiger partial charge in [-0.25, -0.2) is 0 Å². The topological polar surface area (TPSA) is 74.9 Å². The normalized spacial score (nSPS) is 19.9. The van der Waals surface area contributed by atoms with Gasteiger partial charge in [0.15, 0.2) is 0 Å². The van der Waals surface area contributed by atoms with Gasteiger partial charge in [-0.1, -0.05) is 38.0 Å². The van der Waals surface area contributed by atoms with E-state index >= 15 is 0 Å². The summed E-state index contributed by atoms with van der Waals surface area (Å²) in [6, 6.07) is 12.8. The number of hydrogen-bond donors (Lipinski definition) is 1. The number of unbranched alkanes of at least 4 members (excludes halogenated alkanes) is 2. The van der Waals surface area contributed by atoms with E-state index in [9.17, 15) is 9.59 Å². The lowest BCUT2D eigenvalue weighted by atomic mass is 9.85. The summed E-state index contributed by atoms with van der Waals surface area (Å²) in [5, 5.41) is 1.10. The molecule has 1 N–H and O–H groups in total. The second kappa shape index (κ2) is 9.05. The van der Waals surface area contributed by atoms with Crippen LogP contribution in [0.4, 0.5) is 0 Å². The zero-order valence-electron chi connectivity index (χ0n) is 20.0. The highest BCUT2D eigenvalue weighted by Crippen LogP contribution is 2.45. The van der Waals surface area contributed by atoms with Crippen LogP contribution in [0.15, 0.2) is 42.5 Å². The minimum atomic E-state index is -0.536. The smallest absolute Gasteiger partial charge is 0.246 e. The molecule has 3 aromatic rings. The average Bonchev–Trinajstić information content (AvgIpc) is 3.24. The fourth-order valence-electron chi connectivity index (χ4n) is 5.43. The van der Waals surface area contributed by atoms with Crippen molar-refractivity contribution in [3.63, 3.8) is 0 Å². The molecule has 0 saturated carbocycles. The van der Waals surface area contributed by atoms with Crippen LogP contribution < -0.4 is 9.47 Å². The van der Waals surface area contributed by atoms with Crippen molar-refractivity contribution in [1.82, 2.24) is 14.8 Å². The van der Waals surface area contributed by atoms with Crippen molar-refractivity contribution in [3.05, 3.63) is 59.3 Å². The molecule has 0 bridgehead atoms. The molecule has 2 atom stereocenters.